The number of hydrogen-bond acceptors (Lipinski definition) is 8. The van der Waals surface area contributed by atoms with Crippen LogP contribution in [0, 0.1) is 0 Å². The summed E-state index contributed by atoms with van der Waals surface area (Å²) in [5.74, 6) is 2.27. The Kier molecular flexibility index (Phi) is 7.39. The molecule has 0 saturated heterocycles. The molecule has 0 amide bonds. The summed E-state index contributed by atoms with van der Waals surface area (Å²) in [7, 11) is 4.82. The minimum Gasteiger partial charge on any atom is -0.497 e. The van der Waals surface area contributed by atoms with Crippen LogP contribution in [0.1, 0.15) is 10.4 Å². The van der Waals surface area contributed by atoms with Crippen LogP contribution in [0.15, 0.2) is 78.0 Å². The van der Waals surface area contributed by atoms with E-state index in [1.54, 1.807) is 45.6 Å². The summed E-state index contributed by atoms with van der Waals surface area (Å²) in [6, 6.07) is 22.2. The molecule has 0 aliphatic heterocycles. The van der Waals surface area contributed by atoms with Crippen molar-refractivity contribution in [3.05, 3.63) is 78.4 Å². The minimum absolute atomic E-state index is 0.0314. The van der Waals surface area contributed by atoms with Crippen LogP contribution in [-0.2, 0) is 0 Å². The van der Waals surface area contributed by atoms with Crippen molar-refractivity contribution >= 4 is 17.5 Å². The van der Waals surface area contributed by atoms with Gasteiger partial charge in [-0.3, -0.25) is 4.79 Å². The summed E-state index contributed by atoms with van der Waals surface area (Å²) >= 11 is 1.24. The van der Waals surface area contributed by atoms with E-state index in [1.165, 1.54) is 11.8 Å². The van der Waals surface area contributed by atoms with E-state index in [-0.39, 0.29) is 11.5 Å². The third kappa shape index (κ3) is 5.35. The number of thioether (sulfide) groups is 1. The number of nitrogens with zero attached hydrogens (tertiary/aromatic N) is 3. The second-order valence-corrected chi connectivity index (χ2v) is 8.14. The van der Waals surface area contributed by atoms with Gasteiger partial charge in [-0.25, -0.2) is 4.98 Å². The molecular formula is C26H23N3O4S. The third-order valence-corrected chi connectivity index (χ3v) is 5.94. The van der Waals surface area contributed by atoms with E-state index in [1.807, 2.05) is 48.5 Å². The van der Waals surface area contributed by atoms with Crippen LogP contribution in [-0.4, -0.2) is 48.0 Å². The maximum absolute atomic E-state index is 12.6. The summed E-state index contributed by atoms with van der Waals surface area (Å²) in [4.78, 5) is 17.4. The van der Waals surface area contributed by atoms with Gasteiger partial charge in [-0.05, 0) is 48.5 Å². The average molecular weight is 474 g/mol. The number of carbonyl (C=O) groups excluding carboxylic acids is 1. The smallest absolute Gasteiger partial charge is 0.210 e. The molecule has 172 valence electrons. The Morgan fingerprint density at radius 1 is 0.735 bits per heavy atom. The molecule has 0 atom stereocenters. The Balaban J connectivity index is 1.65. The molecule has 7 nitrogen and oxygen atoms in total. The minimum atomic E-state index is -0.0314. The van der Waals surface area contributed by atoms with Gasteiger partial charge in [0, 0.05) is 16.7 Å². The zero-order valence-electron chi connectivity index (χ0n) is 19.0. The van der Waals surface area contributed by atoms with Gasteiger partial charge in [0.05, 0.1) is 27.1 Å². The lowest BCUT2D eigenvalue weighted by atomic mass is 10.0. The molecule has 1 heterocycles. The van der Waals surface area contributed by atoms with Gasteiger partial charge in [0.15, 0.2) is 5.78 Å². The second-order valence-electron chi connectivity index (χ2n) is 7.20. The lowest BCUT2D eigenvalue weighted by Crippen LogP contribution is -2.05. The van der Waals surface area contributed by atoms with Crippen molar-refractivity contribution in [2.24, 2.45) is 0 Å². The third-order valence-electron chi connectivity index (χ3n) is 5.10. The number of ketones is 1. The van der Waals surface area contributed by atoms with Crippen molar-refractivity contribution < 1.29 is 19.0 Å². The molecule has 0 saturated carbocycles. The molecule has 0 bridgehead atoms. The molecule has 34 heavy (non-hydrogen) atoms. The molecular weight excluding hydrogens is 450 g/mol. The number of methoxy groups -OCH3 is 3. The number of benzene rings is 3. The molecule has 8 heteroatoms. The molecule has 0 aliphatic rings. The fourth-order valence-electron chi connectivity index (χ4n) is 3.30. The number of ether oxygens (including phenoxy) is 3. The maximum Gasteiger partial charge on any atom is 0.210 e. The standard InChI is InChI=1S/C26H23N3O4S/c1-31-20-12-10-17(11-13-20)23(30)16-34-26-27-24(18-6-4-8-21(14-18)32-2)25(28-29-26)19-7-5-9-22(15-19)33-3/h4-15H,16H2,1-3H3. The van der Waals surface area contributed by atoms with Crippen LogP contribution in [0.2, 0.25) is 0 Å². The van der Waals surface area contributed by atoms with E-state index >= 15 is 0 Å². The Hall–Kier alpha value is -3.91. The Morgan fingerprint density at radius 3 is 1.91 bits per heavy atom. The molecule has 0 fully saturated rings. The molecule has 0 radical (unpaired) electrons. The first kappa shape index (κ1) is 23.3. The Labute approximate surface area is 202 Å². The Bertz CT molecular complexity index is 1300. The molecule has 4 aromatic rings. The van der Waals surface area contributed by atoms with Crippen molar-refractivity contribution in [3.63, 3.8) is 0 Å². The monoisotopic (exact) mass is 473 g/mol. The quantitative estimate of drug-likeness (QED) is 0.242. The summed E-state index contributed by atoms with van der Waals surface area (Å²) < 4.78 is 15.9. The Morgan fingerprint density at radius 2 is 1.32 bits per heavy atom. The molecule has 3 aromatic carbocycles. The zero-order valence-corrected chi connectivity index (χ0v) is 19.8. The van der Waals surface area contributed by atoms with Crippen molar-refractivity contribution in [1.29, 1.82) is 0 Å². The predicted octanol–water partition coefficient (Wildman–Crippen LogP) is 5.21. The number of hydrogen-bond donors (Lipinski definition) is 0. The first-order valence-electron chi connectivity index (χ1n) is 10.4. The second kappa shape index (κ2) is 10.8. The largest absolute Gasteiger partial charge is 0.497 e. The predicted molar refractivity (Wildman–Crippen MR) is 132 cm³/mol. The van der Waals surface area contributed by atoms with Crippen LogP contribution < -0.4 is 14.2 Å². The van der Waals surface area contributed by atoms with Crippen LogP contribution in [0.25, 0.3) is 22.5 Å². The number of Topliss-reactive ketones (excluding diaryl/α,β-unsaturated/α-hetero) is 1. The molecule has 4 rings (SSSR count). The molecule has 0 N–H and O–H groups in total. The van der Waals surface area contributed by atoms with Crippen molar-refractivity contribution in [2.75, 3.05) is 27.1 Å². The molecule has 1 aromatic heterocycles. The molecule has 0 unspecified atom stereocenters. The zero-order chi connectivity index (χ0) is 23.9. The topological polar surface area (TPSA) is 83.4 Å². The van der Waals surface area contributed by atoms with Crippen LogP contribution in [0.4, 0.5) is 0 Å². The van der Waals surface area contributed by atoms with Gasteiger partial charge in [-0.2, -0.15) is 0 Å². The number of aromatic nitrogens is 3. The van der Waals surface area contributed by atoms with Gasteiger partial charge in [-0.15, -0.1) is 10.2 Å². The van der Waals surface area contributed by atoms with Gasteiger partial charge < -0.3 is 14.2 Å². The summed E-state index contributed by atoms with van der Waals surface area (Å²) in [5, 5.41) is 9.17. The first-order valence-corrected chi connectivity index (χ1v) is 11.4. The van der Waals surface area contributed by atoms with E-state index in [4.69, 9.17) is 19.2 Å². The fraction of sp³-hybridized carbons (Fsp3) is 0.154. The van der Waals surface area contributed by atoms with Gasteiger partial charge >= 0.3 is 0 Å². The lowest BCUT2D eigenvalue weighted by Gasteiger charge is -2.11. The van der Waals surface area contributed by atoms with E-state index in [0.717, 1.165) is 11.1 Å². The maximum atomic E-state index is 12.6. The highest BCUT2D eigenvalue weighted by Gasteiger charge is 2.16. The lowest BCUT2D eigenvalue weighted by molar-refractivity contribution is 0.102. The van der Waals surface area contributed by atoms with Gasteiger partial charge in [-0.1, -0.05) is 36.0 Å². The first-order chi connectivity index (χ1) is 16.6. The SMILES string of the molecule is COc1ccc(C(=O)CSc2nnc(-c3cccc(OC)c3)c(-c3cccc(OC)c3)n2)cc1. The average Bonchev–Trinajstić information content (AvgIpc) is 2.91. The molecule has 0 aliphatic carbocycles. The van der Waals surface area contributed by atoms with Crippen LogP contribution in [0.5, 0.6) is 17.2 Å². The fourth-order valence-corrected chi connectivity index (χ4v) is 3.98. The number of rotatable bonds is 9. The van der Waals surface area contributed by atoms with Gasteiger partial charge in [0.25, 0.3) is 0 Å². The van der Waals surface area contributed by atoms with E-state index in [0.29, 0.717) is 39.4 Å². The van der Waals surface area contributed by atoms with Gasteiger partial charge in [0.2, 0.25) is 5.16 Å². The van der Waals surface area contributed by atoms with Crippen molar-refractivity contribution in [2.45, 2.75) is 5.16 Å². The highest BCUT2D eigenvalue weighted by molar-refractivity contribution is 7.99. The van der Waals surface area contributed by atoms with E-state index in [2.05, 4.69) is 10.2 Å². The van der Waals surface area contributed by atoms with E-state index < -0.39 is 0 Å². The summed E-state index contributed by atoms with van der Waals surface area (Å²) in [6.45, 7) is 0. The highest BCUT2D eigenvalue weighted by Crippen LogP contribution is 2.33. The van der Waals surface area contributed by atoms with Crippen molar-refractivity contribution in [3.8, 4) is 39.8 Å². The normalized spacial score (nSPS) is 10.6. The summed E-state index contributed by atoms with van der Waals surface area (Å²) in [6.07, 6.45) is 0. The van der Waals surface area contributed by atoms with E-state index in [9.17, 15) is 4.79 Å². The number of carbonyl (C=O) groups is 1. The van der Waals surface area contributed by atoms with Crippen LogP contribution in [0.3, 0.4) is 0 Å². The van der Waals surface area contributed by atoms with Crippen molar-refractivity contribution in [1.82, 2.24) is 15.2 Å². The summed E-state index contributed by atoms with van der Waals surface area (Å²) in [5.41, 5.74) is 3.50. The van der Waals surface area contributed by atoms with Gasteiger partial charge in [0.1, 0.15) is 28.6 Å². The van der Waals surface area contributed by atoms with Crippen LogP contribution >= 0.6 is 11.8 Å². The highest BCUT2D eigenvalue weighted by atomic mass is 32.2. The molecule has 0 spiro atoms.